The Morgan fingerprint density at radius 2 is 1.50 bits per heavy atom. The van der Waals surface area contributed by atoms with Gasteiger partial charge in [0, 0.05) is 7.05 Å². The van der Waals surface area contributed by atoms with E-state index in [1.165, 1.54) is 0 Å². The van der Waals surface area contributed by atoms with Crippen molar-refractivity contribution in [2.24, 2.45) is 0 Å². The van der Waals surface area contributed by atoms with Gasteiger partial charge in [-0.25, -0.2) is 0 Å². The van der Waals surface area contributed by atoms with Crippen molar-refractivity contribution in [3.05, 3.63) is 0 Å². The quantitative estimate of drug-likeness (QED) is 0.658. The van der Waals surface area contributed by atoms with Gasteiger partial charge in [0.2, 0.25) is 6.41 Å². The molecule has 0 aliphatic heterocycles. The standard InChI is InChI=1S/C5H13N.C2H5NO.C2H6/c1-4-6(3)5-2;1-3-2-4;1-2/h4-5H2,1-3H3;2H,1H3,(H,3,4);1-2H3. The highest BCUT2D eigenvalue weighted by molar-refractivity contribution is 5.44. The Bertz CT molecular complexity index is 63.5. The second-order valence-electron chi connectivity index (χ2n) is 1.90. The second-order valence-corrected chi connectivity index (χ2v) is 1.90. The fourth-order valence-corrected chi connectivity index (χ4v) is 0.224. The summed E-state index contributed by atoms with van der Waals surface area (Å²) in [5, 5.41) is 2.25. The third kappa shape index (κ3) is 34.1. The van der Waals surface area contributed by atoms with Gasteiger partial charge in [-0.05, 0) is 20.1 Å². The summed E-state index contributed by atoms with van der Waals surface area (Å²) in [6.45, 7) is 10.6. The lowest BCUT2D eigenvalue weighted by Crippen LogP contribution is -2.15. The number of nitrogens with one attached hydrogen (secondary N) is 1. The molecule has 3 nitrogen and oxygen atoms in total. The Hall–Kier alpha value is -0.570. The predicted octanol–water partition coefficient (Wildman–Crippen LogP) is 1.35. The van der Waals surface area contributed by atoms with E-state index in [0.29, 0.717) is 6.41 Å². The SMILES string of the molecule is CC.CCN(C)CC.CNC=O. The molecule has 0 bridgehead atoms. The summed E-state index contributed by atoms with van der Waals surface area (Å²) in [5.41, 5.74) is 0. The summed E-state index contributed by atoms with van der Waals surface area (Å²) in [5.74, 6) is 0. The number of carbonyl (C=O) groups excluding carboxylic acids is 1. The average Bonchev–Trinajstić information content (AvgIpc) is 2.20. The van der Waals surface area contributed by atoms with E-state index in [1.54, 1.807) is 7.05 Å². The molecule has 1 amide bonds. The van der Waals surface area contributed by atoms with Crippen LogP contribution in [0, 0.1) is 0 Å². The Kier molecular flexibility index (Phi) is 32.7. The molecule has 76 valence electrons. The maximum Gasteiger partial charge on any atom is 0.206 e. The molecule has 0 spiro atoms. The van der Waals surface area contributed by atoms with E-state index in [9.17, 15) is 0 Å². The minimum Gasteiger partial charge on any atom is -0.362 e. The molecule has 0 aromatic carbocycles. The van der Waals surface area contributed by atoms with Crippen LogP contribution in [-0.2, 0) is 4.79 Å². The van der Waals surface area contributed by atoms with E-state index >= 15 is 0 Å². The van der Waals surface area contributed by atoms with Crippen LogP contribution in [0.2, 0.25) is 0 Å². The zero-order chi connectivity index (χ0) is 10.4. The minimum atomic E-state index is 0.625. The molecule has 0 atom stereocenters. The van der Waals surface area contributed by atoms with Crippen LogP contribution >= 0.6 is 0 Å². The van der Waals surface area contributed by atoms with Crippen LogP contribution in [-0.4, -0.2) is 38.5 Å². The van der Waals surface area contributed by atoms with E-state index in [1.807, 2.05) is 13.8 Å². The molecule has 0 aliphatic carbocycles. The van der Waals surface area contributed by atoms with Crippen molar-refractivity contribution in [1.29, 1.82) is 0 Å². The molecule has 0 rings (SSSR count). The van der Waals surface area contributed by atoms with Crippen LogP contribution in [0.1, 0.15) is 27.7 Å². The normalized spacial score (nSPS) is 7.25. The van der Waals surface area contributed by atoms with Crippen molar-refractivity contribution in [3.63, 3.8) is 0 Å². The molecule has 0 aliphatic rings. The molecular formula is C9H24N2O. The lowest BCUT2D eigenvalue weighted by molar-refractivity contribution is -0.109. The lowest BCUT2D eigenvalue weighted by Gasteiger charge is -2.07. The molecule has 0 unspecified atom stereocenters. The number of hydrogen-bond donors (Lipinski definition) is 1. The summed E-state index contributed by atoms with van der Waals surface area (Å²) >= 11 is 0. The number of hydrogen-bond acceptors (Lipinski definition) is 2. The third-order valence-electron chi connectivity index (χ3n) is 1.20. The Labute approximate surface area is 77.1 Å². The van der Waals surface area contributed by atoms with Crippen molar-refractivity contribution in [2.45, 2.75) is 27.7 Å². The molecule has 0 aromatic heterocycles. The van der Waals surface area contributed by atoms with Gasteiger partial charge in [0.25, 0.3) is 0 Å². The summed E-state index contributed by atoms with van der Waals surface area (Å²) in [7, 11) is 3.67. The van der Waals surface area contributed by atoms with Crippen LogP contribution in [0.3, 0.4) is 0 Å². The van der Waals surface area contributed by atoms with Gasteiger partial charge < -0.3 is 10.2 Å². The van der Waals surface area contributed by atoms with Crippen molar-refractivity contribution in [2.75, 3.05) is 27.2 Å². The fraction of sp³-hybridized carbons (Fsp3) is 0.889. The monoisotopic (exact) mass is 176 g/mol. The highest BCUT2D eigenvalue weighted by Gasteiger charge is 1.81. The van der Waals surface area contributed by atoms with E-state index < -0.39 is 0 Å². The number of carbonyl (C=O) groups is 1. The van der Waals surface area contributed by atoms with Crippen LogP contribution in [0.4, 0.5) is 0 Å². The first-order chi connectivity index (χ1) is 5.72. The first-order valence-corrected chi connectivity index (χ1v) is 4.52. The highest BCUT2D eigenvalue weighted by Crippen LogP contribution is 1.73. The van der Waals surface area contributed by atoms with Crippen LogP contribution < -0.4 is 5.32 Å². The molecule has 0 radical (unpaired) electrons. The van der Waals surface area contributed by atoms with Gasteiger partial charge in [0.05, 0.1) is 0 Å². The molecular weight excluding hydrogens is 152 g/mol. The summed E-state index contributed by atoms with van der Waals surface area (Å²) in [4.78, 5) is 11.3. The lowest BCUT2D eigenvalue weighted by atomic mass is 10.6. The van der Waals surface area contributed by atoms with E-state index in [-0.39, 0.29) is 0 Å². The highest BCUT2D eigenvalue weighted by atomic mass is 16.1. The third-order valence-corrected chi connectivity index (χ3v) is 1.20. The van der Waals surface area contributed by atoms with Crippen molar-refractivity contribution >= 4 is 6.41 Å². The van der Waals surface area contributed by atoms with Crippen molar-refractivity contribution in [3.8, 4) is 0 Å². The van der Waals surface area contributed by atoms with Gasteiger partial charge in [-0.3, -0.25) is 4.79 Å². The van der Waals surface area contributed by atoms with Crippen molar-refractivity contribution < 1.29 is 4.79 Å². The summed E-state index contributed by atoms with van der Waals surface area (Å²) < 4.78 is 0. The number of rotatable bonds is 3. The zero-order valence-corrected chi connectivity index (χ0v) is 9.35. The van der Waals surface area contributed by atoms with Crippen molar-refractivity contribution in [1.82, 2.24) is 10.2 Å². The van der Waals surface area contributed by atoms with E-state index in [0.717, 1.165) is 13.1 Å². The predicted molar refractivity (Wildman–Crippen MR) is 55.3 cm³/mol. The van der Waals surface area contributed by atoms with Crippen LogP contribution in [0.15, 0.2) is 0 Å². The average molecular weight is 176 g/mol. The second kappa shape index (κ2) is 22.4. The molecule has 0 aromatic rings. The van der Waals surface area contributed by atoms with Gasteiger partial charge in [-0.1, -0.05) is 27.7 Å². The maximum atomic E-state index is 9.06. The summed E-state index contributed by atoms with van der Waals surface area (Å²) in [6.07, 6.45) is 0.625. The molecule has 0 heterocycles. The van der Waals surface area contributed by atoms with E-state index in [2.05, 4.69) is 31.1 Å². The fourth-order valence-electron chi connectivity index (χ4n) is 0.224. The van der Waals surface area contributed by atoms with Gasteiger partial charge in [0.1, 0.15) is 0 Å². The Morgan fingerprint density at radius 3 is 1.50 bits per heavy atom. The van der Waals surface area contributed by atoms with Crippen LogP contribution in [0.25, 0.3) is 0 Å². The van der Waals surface area contributed by atoms with Gasteiger partial charge in [-0.15, -0.1) is 0 Å². The Balaban J connectivity index is -0.000000118. The smallest absolute Gasteiger partial charge is 0.206 e. The zero-order valence-electron chi connectivity index (χ0n) is 9.35. The maximum absolute atomic E-state index is 9.06. The first-order valence-electron chi connectivity index (χ1n) is 4.52. The number of amides is 1. The molecule has 0 saturated heterocycles. The largest absolute Gasteiger partial charge is 0.362 e. The molecule has 0 saturated carbocycles. The molecule has 1 N–H and O–H groups in total. The first kappa shape index (κ1) is 17.5. The molecule has 12 heavy (non-hydrogen) atoms. The van der Waals surface area contributed by atoms with Crippen LogP contribution in [0.5, 0.6) is 0 Å². The van der Waals surface area contributed by atoms with Gasteiger partial charge >= 0.3 is 0 Å². The molecule has 3 heteroatoms. The topological polar surface area (TPSA) is 32.3 Å². The van der Waals surface area contributed by atoms with Gasteiger partial charge in [0.15, 0.2) is 0 Å². The number of nitrogens with zero attached hydrogens (tertiary/aromatic N) is 1. The summed E-state index contributed by atoms with van der Waals surface area (Å²) in [6, 6.07) is 0. The Morgan fingerprint density at radius 1 is 1.25 bits per heavy atom. The minimum absolute atomic E-state index is 0.625. The van der Waals surface area contributed by atoms with Gasteiger partial charge in [-0.2, -0.15) is 0 Å². The van der Waals surface area contributed by atoms with E-state index in [4.69, 9.17) is 4.79 Å². The molecule has 0 fully saturated rings.